The third-order valence-corrected chi connectivity index (χ3v) is 0.495. The fraction of sp³-hybridized carbons (Fsp3) is 0.667. The summed E-state index contributed by atoms with van der Waals surface area (Å²) in [5, 5.41) is 3.09. The fourth-order valence-electron chi connectivity index (χ4n) is 0.174. The summed E-state index contributed by atoms with van der Waals surface area (Å²) in [6, 6.07) is 0. The van der Waals surface area contributed by atoms with Crippen LogP contribution in [0, 0.1) is 0 Å². The second-order valence-electron chi connectivity index (χ2n) is 0.895. The largest absolute Gasteiger partial charge is 0.376 e. The number of thiocarbonyl (C=S) groups is 1. The van der Waals surface area contributed by atoms with Crippen LogP contribution in [-0.4, -0.2) is 11.7 Å². The Hall–Kier alpha value is 0.210. The Morgan fingerprint density at radius 1 is 1.75 bits per heavy atom. The second-order valence-corrected chi connectivity index (χ2v) is 1.33. The number of hydrogen-bond acceptors (Lipinski definition) is 2. The first-order chi connectivity index (χ1) is 3.77. The normalized spacial score (nSPS) is 6.12. The Balaban J connectivity index is 0. The average Bonchev–Trinajstić information content (AvgIpc) is 1.72. The van der Waals surface area contributed by atoms with Crippen molar-refractivity contribution in [1.29, 1.82) is 0 Å². The average molecular weight is 168 g/mol. The van der Waals surface area contributed by atoms with Crippen molar-refractivity contribution in [3.63, 3.8) is 0 Å². The molecule has 0 rings (SSSR count). The molecule has 0 amide bonds. The van der Waals surface area contributed by atoms with E-state index in [4.69, 9.17) is 5.73 Å². The van der Waals surface area contributed by atoms with E-state index < -0.39 is 0 Å². The lowest BCUT2D eigenvalue weighted by molar-refractivity contribution is 0.973. The molecule has 0 saturated heterocycles. The summed E-state index contributed by atoms with van der Waals surface area (Å²) in [6.45, 7) is 2.76. The minimum atomic E-state index is 0.373. The van der Waals surface area contributed by atoms with Gasteiger partial charge in [-0.1, -0.05) is 11.8 Å². The quantitative estimate of drug-likeness (QED) is 0.440. The van der Waals surface area contributed by atoms with Crippen molar-refractivity contribution < 1.29 is 0 Å². The Kier molecular flexibility index (Phi) is 14.2. The monoisotopic (exact) mass is 168 g/mol. The zero-order chi connectivity index (χ0) is 6.99. The van der Waals surface area contributed by atoms with Gasteiger partial charge in [0.2, 0.25) is 0 Å². The van der Waals surface area contributed by atoms with Crippen LogP contribution in [0.1, 0.15) is 6.92 Å². The van der Waals surface area contributed by atoms with E-state index >= 15 is 0 Å². The van der Waals surface area contributed by atoms with Gasteiger partial charge >= 0.3 is 0 Å². The first kappa shape index (κ1) is 11.1. The summed E-state index contributed by atoms with van der Waals surface area (Å²) in [6.07, 6.45) is 0. The van der Waals surface area contributed by atoms with E-state index in [2.05, 4.69) is 37.4 Å². The molecule has 0 aromatic rings. The standard InChI is InChI=1S/C3H8N2S.HPS/c1-2-5-3(4)6;1-2/h2H2,1H3,(H3,4,5,6);1H. The molecule has 3 N–H and O–H groups in total. The molecule has 0 aromatic heterocycles. The van der Waals surface area contributed by atoms with Gasteiger partial charge in [0.25, 0.3) is 0 Å². The number of rotatable bonds is 1. The highest BCUT2D eigenvalue weighted by Gasteiger charge is 1.73. The van der Waals surface area contributed by atoms with E-state index in [-0.39, 0.29) is 0 Å². The number of nitrogens with two attached hydrogens (primary N) is 1. The van der Waals surface area contributed by atoms with Crippen LogP contribution in [0.3, 0.4) is 0 Å². The maximum absolute atomic E-state index is 5.02. The molecule has 48 valence electrons. The third kappa shape index (κ3) is 16.4. The molecule has 0 aliphatic heterocycles. The molecule has 0 fully saturated rings. The molecule has 0 aliphatic carbocycles. The highest BCUT2D eigenvalue weighted by molar-refractivity contribution is 7.88. The SMILES string of the molecule is CCNC(N)=S.P=S. The molecule has 0 aromatic carbocycles. The Bertz CT molecular complexity index is 68.3. The Morgan fingerprint density at radius 3 is 2.12 bits per heavy atom. The molecule has 2 nitrogen and oxygen atoms in total. The number of hydrogen-bond donors (Lipinski definition) is 2. The van der Waals surface area contributed by atoms with Gasteiger partial charge in [-0.15, -0.1) is 0 Å². The predicted octanol–water partition coefficient (Wildman–Crippen LogP) is 0.431. The fourth-order valence-corrected chi connectivity index (χ4v) is 0.319. The van der Waals surface area contributed by atoms with Crippen LogP contribution in [-0.2, 0) is 11.8 Å². The van der Waals surface area contributed by atoms with Gasteiger partial charge in [0, 0.05) is 6.54 Å². The van der Waals surface area contributed by atoms with Crippen molar-refractivity contribution in [2.75, 3.05) is 6.54 Å². The van der Waals surface area contributed by atoms with Gasteiger partial charge in [0.05, 0.1) is 0 Å². The minimum absolute atomic E-state index is 0.373. The molecule has 0 atom stereocenters. The molecule has 0 heterocycles. The predicted molar refractivity (Wildman–Crippen MR) is 46.1 cm³/mol. The lowest BCUT2D eigenvalue weighted by Crippen LogP contribution is -2.28. The van der Waals surface area contributed by atoms with Gasteiger partial charge in [-0.3, -0.25) is 0 Å². The summed E-state index contributed by atoms with van der Waals surface area (Å²) in [5.41, 5.74) is 5.02. The van der Waals surface area contributed by atoms with Crippen molar-refractivity contribution in [2.45, 2.75) is 6.92 Å². The Labute approximate surface area is 62.1 Å². The first-order valence-electron chi connectivity index (χ1n) is 2.01. The van der Waals surface area contributed by atoms with E-state index in [1.54, 1.807) is 0 Å². The van der Waals surface area contributed by atoms with Crippen molar-refractivity contribution in [3.8, 4) is 0 Å². The summed E-state index contributed by atoms with van der Waals surface area (Å²) in [7, 11) is 2.56. The van der Waals surface area contributed by atoms with Gasteiger partial charge < -0.3 is 11.1 Å². The molecule has 0 aliphatic rings. The molecule has 0 bridgehead atoms. The zero-order valence-corrected chi connectivity index (χ0v) is 7.23. The van der Waals surface area contributed by atoms with Crippen molar-refractivity contribution in [1.82, 2.24) is 5.32 Å². The van der Waals surface area contributed by atoms with Gasteiger partial charge in [-0.25, -0.2) is 0 Å². The molecular formula is C3H9N2PS2. The van der Waals surface area contributed by atoms with Crippen LogP contribution in [0.4, 0.5) is 0 Å². The topological polar surface area (TPSA) is 38.0 Å². The highest BCUT2D eigenvalue weighted by Crippen LogP contribution is 1.52. The maximum Gasteiger partial charge on any atom is 0.163 e. The molecule has 8 heavy (non-hydrogen) atoms. The van der Waals surface area contributed by atoms with Crippen LogP contribution >= 0.6 is 20.2 Å². The van der Waals surface area contributed by atoms with Gasteiger partial charge in [-0.2, -0.15) is 0 Å². The van der Waals surface area contributed by atoms with E-state index in [0.29, 0.717) is 5.11 Å². The lowest BCUT2D eigenvalue weighted by Gasteiger charge is -1.92. The smallest absolute Gasteiger partial charge is 0.163 e. The van der Waals surface area contributed by atoms with Gasteiger partial charge in [-0.05, 0) is 27.2 Å². The van der Waals surface area contributed by atoms with Gasteiger partial charge in [0.1, 0.15) is 0 Å². The van der Waals surface area contributed by atoms with Crippen LogP contribution in [0.15, 0.2) is 0 Å². The molecule has 0 unspecified atom stereocenters. The van der Waals surface area contributed by atoms with Crippen LogP contribution in [0.25, 0.3) is 0 Å². The summed E-state index contributed by atoms with van der Waals surface area (Å²) < 4.78 is 0. The molecule has 0 spiro atoms. The molecule has 0 radical (unpaired) electrons. The van der Waals surface area contributed by atoms with Crippen LogP contribution in [0.5, 0.6) is 0 Å². The van der Waals surface area contributed by atoms with Crippen molar-refractivity contribution in [3.05, 3.63) is 0 Å². The molecule has 5 heteroatoms. The van der Waals surface area contributed by atoms with E-state index in [1.165, 1.54) is 0 Å². The summed E-state index contributed by atoms with van der Waals surface area (Å²) in [4.78, 5) is 0. The van der Waals surface area contributed by atoms with E-state index in [9.17, 15) is 0 Å². The number of nitrogens with one attached hydrogen (secondary N) is 1. The highest BCUT2D eigenvalue weighted by atomic mass is 32.4. The van der Waals surface area contributed by atoms with Crippen molar-refractivity contribution >= 4 is 37.2 Å². The molecular weight excluding hydrogens is 159 g/mol. The third-order valence-electron chi connectivity index (χ3n) is 0.351. The van der Waals surface area contributed by atoms with Crippen LogP contribution < -0.4 is 11.1 Å². The second kappa shape index (κ2) is 10.2. The zero-order valence-electron chi connectivity index (χ0n) is 4.60. The van der Waals surface area contributed by atoms with Gasteiger partial charge in [0.15, 0.2) is 5.11 Å². The lowest BCUT2D eigenvalue weighted by atomic mass is 10.8. The first-order valence-corrected chi connectivity index (χ1v) is 4.05. The Morgan fingerprint density at radius 2 is 2.12 bits per heavy atom. The van der Waals surface area contributed by atoms with Crippen molar-refractivity contribution in [2.24, 2.45) is 5.73 Å². The minimum Gasteiger partial charge on any atom is -0.376 e. The van der Waals surface area contributed by atoms with Crippen LogP contribution in [0.2, 0.25) is 0 Å². The maximum atomic E-state index is 5.02. The summed E-state index contributed by atoms with van der Waals surface area (Å²) >= 11 is 8.35. The van der Waals surface area contributed by atoms with E-state index in [0.717, 1.165) is 6.54 Å². The summed E-state index contributed by atoms with van der Waals surface area (Å²) in [5.74, 6) is 0. The molecule has 0 saturated carbocycles. The van der Waals surface area contributed by atoms with E-state index in [1.807, 2.05) is 6.92 Å².